The van der Waals surface area contributed by atoms with Crippen LogP contribution in [0.1, 0.15) is 23.6 Å². The van der Waals surface area contributed by atoms with Crippen LogP contribution >= 0.6 is 0 Å². The number of aliphatic carboxylic acids is 1. The maximum absolute atomic E-state index is 11.9. The minimum atomic E-state index is -0.965. The topological polar surface area (TPSA) is 46.5 Å². The van der Waals surface area contributed by atoms with Crippen molar-refractivity contribution in [3.8, 4) is 5.75 Å². The highest BCUT2D eigenvalue weighted by atomic mass is 16.5. The molecular weight excluding hydrogens is 324 g/mol. The molecule has 0 saturated carbocycles. The molecule has 3 aromatic carbocycles. The second-order valence-electron chi connectivity index (χ2n) is 6.60. The summed E-state index contributed by atoms with van der Waals surface area (Å²) in [5.41, 5.74) is 1.91. The third-order valence-electron chi connectivity index (χ3n) is 4.61. The van der Waals surface area contributed by atoms with Crippen molar-refractivity contribution in [1.29, 1.82) is 0 Å². The second kappa shape index (κ2) is 7.87. The van der Waals surface area contributed by atoms with E-state index in [1.165, 1.54) is 0 Å². The van der Waals surface area contributed by atoms with E-state index in [9.17, 15) is 9.90 Å². The van der Waals surface area contributed by atoms with Gasteiger partial charge in [0.05, 0.1) is 5.41 Å². The van der Waals surface area contributed by atoms with Gasteiger partial charge >= 0.3 is 5.97 Å². The molecule has 3 rings (SSSR count). The zero-order chi connectivity index (χ0) is 18.4. The van der Waals surface area contributed by atoms with Crippen molar-refractivity contribution in [2.24, 2.45) is 0 Å². The smallest absolute Gasteiger partial charge is 0.314 e. The Hall–Kier alpha value is -3.07. The predicted molar refractivity (Wildman–Crippen MR) is 102 cm³/mol. The summed E-state index contributed by atoms with van der Waals surface area (Å²) in [5, 5.41) is 9.79. The largest absolute Gasteiger partial charge is 0.489 e. The molecular formula is C23H22O3. The average molecular weight is 346 g/mol. The molecule has 132 valence electrons. The first kappa shape index (κ1) is 17.7. The van der Waals surface area contributed by atoms with Crippen molar-refractivity contribution in [2.45, 2.75) is 25.4 Å². The van der Waals surface area contributed by atoms with Gasteiger partial charge in [0.15, 0.2) is 0 Å². The number of rotatable bonds is 7. The summed E-state index contributed by atoms with van der Waals surface area (Å²) < 4.78 is 5.79. The van der Waals surface area contributed by atoms with Gasteiger partial charge in [-0.2, -0.15) is 0 Å². The van der Waals surface area contributed by atoms with E-state index in [4.69, 9.17) is 4.74 Å². The van der Waals surface area contributed by atoms with Crippen molar-refractivity contribution in [1.82, 2.24) is 0 Å². The number of ether oxygens (including phenoxy) is 1. The Morgan fingerprint density at radius 3 is 2.00 bits per heavy atom. The molecule has 0 aromatic heterocycles. The summed E-state index contributed by atoms with van der Waals surface area (Å²) >= 11 is 0. The molecule has 0 amide bonds. The molecule has 1 unspecified atom stereocenters. The van der Waals surface area contributed by atoms with Gasteiger partial charge in [-0.05, 0) is 42.2 Å². The zero-order valence-corrected chi connectivity index (χ0v) is 14.8. The van der Waals surface area contributed by atoms with Gasteiger partial charge in [0.1, 0.15) is 12.4 Å². The van der Waals surface area contributed by atoms with E-state index in [1.807, 2.05) is 84.9 Å². The summed E-state index contributed by atoms with van der Waals surface area (Å²) in [7, 11) is 0. The first-order valence-electron chi connectivity index (χ1n) is 8.62. The molecule has 0 radical (unpaired) electrons. The number of carboxylic acids is 1. The lowest BCUT2D eigenvalue weighted by atomic mass is 9.77. The van der Waals surface area contributed by atoms with E-state index < -0.39 is 11.4 Å². The van der Waals surface area contributed by atoms with Gasteiger partial charge in [0.25, 0.3) is 0 Å². The summed E-state index contributed by atoms with van der Waals surface area (Å²) in [6.45, 7) is 2.28. The Labute approximate surface area is 153 Å². The minimum absolute atomic E-state index is 0.422. The van der Waals surface area contributed by atoms with Crippen molar-refractivity contribution in [2.75, 3.05) is 0 Å². The maximum Gasteiger partial charge on any atom is 0.314 e. The lowest BCUT2D eigenvalue weighted by Gasteiger charge is -2.25. The molecule has 1 N–H and O–H groups in total. The van der Waals surface area contributed by atoms with Crippen LogP contribution in [-0.2, 0) is 23.2 Å². The summed E-state index contributed by atoms with van der Waals surface area (Å²) in [6, 6.07) is 27.0. The highest BCUT2D eigenvalue weighted by molar-refractivity contribution is 5.81. The van der Waals surface area contributed by atoms with Gasteiger partial charge < -0.3 is 9.84 Å². The van der Waals surface area contributed by atoms with E-state index in [0.29, 0.717) is 13.0 Å². The van der Waals surface area contributed by atoms with Gasteiger partial charge in [0.2, 0.25) is 0 Å². The van der Waals surface area contributed by atoms with Gasteiger partial charge in [0, 0.05) is 0 Å². The van der Waals surface area contributed by atoms with Crippen LogP contribution in [0.2, 0.25) is 0 Å². The maximum atomic E-state index is 11.9. The molecule has 0 aliphatic carbocycles. The van der Waals surface area contributed by atoms with E-state index in [-0.39, 0.29) is 0 Å². The van der Waals surface area contributed by atoms with Crippen molar-refractivity contribution < 1.29 is 14.6 Å². The highest BCUT2D eigenvalue weighted by Gasteiger charge is 2.35. The molecule has 3 heteroatoms. The lowest BCUT2D eigenvalue weighted by molar-refractivity contribution is -0.143. The van der Waals surface area contributed by atoms with E-state index in [0.717, 1.165) is 22.4 Å². The molecule has 0 saturated heterocycles. The molecule has 3 nitrogen and oxygen atoms in total. The molecule has 0 heterocycles. The number of carboxylic acid groups (broad SMARTS) is 1. The lowest BCUT2D eigenvalue weighted by Crippen LogP contribution is -2.34. The van der Waals surface area contributed by atoms with Crippen LogP contribution in [0.25, 0.3) is 0 Å². The SMILES string of the molecule is CC(Cc1ccc(OCc2ccccc2)cc1)(C(=O)O)c1ccccc1. The molecule has 0 fully saturated rings. The molecule has 0 aliphatic heterocycles. The first-order chi connectivity index (χ1) is 12.6. The Morgan fingerprint density at radius 1 is 0.846 bits per heavy atom. The van der Waals surface area contributed by atoms with Crippen LogP contribution in [0.4, 0.5) is 0 Å². The van der Waals surface area contributed by atoms with Crippen LogP contribution in [0.5, 0.6) is 5.75 Å². The van der Waals surface area contributed by atoms with E-state index in [1.54, 1.807) is 6.92 Å². The monoisotopic (exact) mass is 346 g/mol. The van der Waals surface area contributed by atoms with Crippen molar-refractivity contribution in [3.05, 3.63) is 102 Å². The third kappa shape index (κ3) is 4.12. The first-order valence-corrected chi connectivity index (χ1v) is 8.62. The van der Waals surface area contributed by atoms with Gasteiger partial charge in [-0.15, -0.1) is 0 Å². The summed E-state index contributed by atoms with van der Waals surface area (Å²) in [5.74, 6) is -0.0533. The summed E-state index contributed by atoms with van der Waals surface area (Å²) in [6.07, 6.45) is 0.422. The number of benzene rings is 3. The van der Waals surface area contributed by atoms with Crippen molar-refractivity contribution in [3.63, 3.8) is 0 Å². The molecule has 0 bridgehead atoms. The number of hydrogen-bond donors (Lipinski definition) is 1. The Morgan fingerprint density at radius 2 is 1.42 bits per heavy atom. The van der Waals surface area contributed by atoms with Crippen LogP contribution in [0.15, 0.2) is 84.9 Å². The fourth-order valence-electron chi connectivity index (χ4n) is 2.96. The van der Waals surface area contributed by atoms with Gasteiger partial charge in [-0.3, -0.25) is 4.79 Å². The van der Waals surface area contributed by atoms with Gasteiger partial charge in [-0.1, -0.05) is 72.8 Å². The molecule has 0 aliphatic rings. The zero-order valence-electron chi connectivity index (χ0n) is 14.8. The second-order valence-corrected chi connectivity index (χ2v) is 6.60. The molecule has 0 spiro atoms. The Balaban J connectivity index is 1.70. The highest BCUT2D eigenvalue weighted by Crippen LogP contribution is 2.29. The molecule has 1 atom stereocenters. The van der Waals surface area contributed by atoms with E-state index >= 15 is 0 Å². The van der Waals surface area contributed by atoms with Crippen LogP contribution < -0.4 is 4.74 Å². The third-order valence-corrected chi connectivity index (χ3v) is 4.61. The quantitative estimate of drug-likeness (QED) is 0.665. The predicted octanol–water partition coefficient (Wildman–Crippen LogP) is 4.85. The Kier molecular flexibility index (Phi) is 5.37. The van der Waals surface area contributed by atoms with Crippen LogP contribution in [-0.4, -0.2) is 11.1 Å². The fourth-order valence-corrected chi connectivity index (χ4v) is 2.96. The van der Waals surface area contributed by atoms with Crippen LogP contribution in [0, 0.1) is 0 Å². The molecule has 26 heavy (non-hydrogen) atoms. The van der Waals surface area contributed by atoms with Crippen molar-refractivity contribution >= 4 is 5.97 Å². The fraction of sp³-hybridized carbons (Fsp3) is 0.174. The normalized spacial score (nSPS) is 13.0. The number of hydrogen-bond acceptors (Lipinski definition) is 2. The standard InChI is InChI=1S/C23H22O3/c1-23(22(24)25,20-10-6-3-7-11-20)16-18-12-14-21(15-13-18)26-17-19-8-4-2-5-9-19/h2-15H,16-17H2,1H3,(H,24,25). The summed E-state index contributed by atoms with van der Waals surface area (Å²) in [4.78, 5) is 11.9. The van der Waals surface area contributed by atoms with E-state index in [2.05, 4.69) is 0 Å². The van der Waals surface area contributed by atoms with Gasteiger partial charge in [-0.25, -0.2) is 0 Å². The Bertz CT molecular complexity index is 842. The van der Waals surface area contributed by atoms with Crippen LogP contribution in [0.3, 0.4) is 0 Å². The molecule has 3 aromatic rings. The number of carbonyl (C=O) groups is 1. The average Bonchev–Trinajstić information content (AvgIpc) is 2.69. The minimum Gasteiger partial charge on any atom is -0.489 e.